The van der Waals surface area contributed by atoms with Gasteiger partial charge >= 0.3 is 0 Å². The molecular formula is C17H27N3O. The van der Waals surface area contributed by atoms with Crippen LogP contribution in [0.3, 0.4) is 0 Å². The van der Waals surface area contributed by atoms with E-state index in [1.54, 1.807) is 6.20 Å². The zero-order valence-electron chi connectivity index (χ0n) is 13.3. The molecule has 1 N–H and O–H groups in total. The summed E-state index contributed by atoms with van der Waals surface area (Å²) < 4.78 is 0. The van der Waals surface area contributed by atoms with Crippen molar-refractivity contribution in [3.8, 4) is 0 Å². The highest BCUT2D eigenvalue weighted by Gasteiger charge is 2.27. The average Bonchev–Trinajstić information content (AvgIpc) is 2.53. The number of amides is 1. The van der Waals surface area contributed by atoms with Crippen LogP contribution in [0.1, 0.15) is 62.9 Å². The zero-order chi connectivity index (χ0) is 15.1. The Bertz CT molecular complexity index is 459. The molecule has 1 aliphatic heterocycles. The summed E-state index contributed by atoms with van der Waals surface area (Å²) in [6, 6.07) is 4.20. The van der Waals surface area contributed by atoms with Crippen LogP contribution in [0.25, 0.3) is 0 Å². The molecule has 0 aromatic carbocycles. The van der Waals surface area contributed by atoms with Gasteiger partial charge in [0.25, 0.3) is 5.91 Å². The summed E-state index contributed by atoms with van der Waals surface area (Å²) >= 11 is 0. The van der Waals surface area contributed by atoms with Gasteiger partial charge in [-0.3, -0.25) is 9.78 Å². The van der Waals surface area contributed by atoms with Crippen molar-refractivity contribution in [2.45, 2.75) is 58.4 Å². The van der Waals surface area contributed by atoms with Gasteiger partial charge < -0.3 is 10.2 Å². The van der Waals surface area contributed by atoms with Crippen molar-refractivity contribution in [3.63, 3.8) is 0 Å². The molecule has 21 heavy (non-hydrogen) atoms. The number of nitrogens with one attached hydrogen (secondary N) is 1. The lowest BCUT2D eigenvalue weighted by Gasteiger charge is -2.35. The minimum absolute atomic E-state index is 0.0910. The molecule has 4 heteroatoms. The van der Waals surface area contributed by atoms with Crippen LogP contribution in [0.2, 0.25) is 0 Å². The van der Waals surface area contributed by atoms with Crippen LogP contribution < -0.4 is 5.32 Å². The maximum Gasteiger partial charge on any atom is 0.272 e. The number of hydrogen-bond acceptors (Lipinski definition) is 3. The monoisotopic (exact) mass is 289 g/mol. The van der Waals surface area contributed by atoms with Gasteiger partial charge in [-0.25, -0.2) is 0 Å². The molecule has 1 unspecified atom stereocenters. The third-order valence-electron chi connectivity index (χ3n) is 4.07. The van der Waals surface area contributed by atoms with Crippen LogP contribution in [0.4, 0.5) is 5.69 Å². The summed E-state index contributed by atoms with van der Waals surface area (Å²) in [5.74, 6) is 0.0910. The Morgan fingerprint density at radius 3 is 3.00 bits per heavy atom. The Kier molecular flexibility index (Phi) is 6.03. The highest BCUT2D eigenvalue weighted by molar-refractivity contribution is 5.93. The second-order valence-corrected chi connectivity index (χ2v) is 5.79. The van der Waals surface area contributed by atoms with Gasteiger partial charge in [0, 0.05) is 31.0 Å². The van der Waals surface area contributed by atoms with Gasteiger partial charge in [0.05, 0.1) is 0 Å². The molecule has 1 amide bonds. The van der Waals surface area contributed by atoms with Crippen LogP contribution in [0, 0.1) is 0 Å². The molecule has 1 aliphatic rings. The number of nitrogens with zero attached hydrogens (tertiary/aromatic N) is 2. The quantitative estimate of drug-likeness (QED) is 0.868. The van der Waals surface area contributed by atoms with Crippen molar-refractivity contribution in [2.75, 3.05) is 18.4 Å². The Morgan fingerprint density at radius 1 is 1.38 bits per heavy atom. The number of piperidine rings is 1. The minimum Gasteiger partial charge on any atom is -0.385 e. The fraction of sp³-hybridized carbons (Fsp3) is 0.647. The molecule has 4 nitrogen and oxygen atoms in total. The summed E-state index contributed by atoms with van der Waals surface area (Å²) in [6.07, 6.45) is 8.49. The smallest absolute Gasteiger partial charge is 0.272 e. The molecule has 1 saturated heterocycles. The largest absolute Gasteiger partial charge is 0.385 e. The lowest BCUT2D eigenvalue weighted by atomic mass is 9.98. The lowest BCUT2D eigenvalue weighted by Crippen LogP contribution is -2.43. The minimum atomic E-state index is 0.0910. The number of carbonyl (C=O) groups excluding carboxylic acids is 1. The number of carbonyl (C=O) groups is 1. The number of hydrogen-bond donors (Lipinski definition) is 1. The molecule has 0 aliphatic carbocycles. The van der Waals surface area contributed by atoms with Crippen LogP contribution >= 0.6 is 0 Å². The summed E-state index contributed by atoms with van der Waals surface area (Å²) in [7, 11) is 0. The standard InChI is InChI=1S/C17H27N3O/c1-3-7-15-8-5-6-12-20(15)17(21)16-13-14(9-11-19-16)18-10-4-2/h9,11,13,15H,3-8,10,12H2,1-2H3,(H,18,19). The van der Waals surface area contributed by atoms with Gasteiger partial charge in [-0.1, -0.05) is 20.3 Å². The van der Waals surface area contributed by atoms with Gasteiger partial charge in [0.2, 0.25) is 0 Å². The van der Waals surface area contributed by atoms with E-state index in [0.29, 0.717) is 11.7 Å². The van der Waals surface area contributed by atoms with E-state index in [4.69, 9.17) is 0 Å². The Labute approximate surface area is 127 Å². The molecule has 1 aromatic heterocycles. The highest BCUT2D eigenvalue weighted by Crippen LogP contribution is 2.23. The fourth-order valence-corrected chi connectivity index (χ4v) is 2.98. The van der Waals surface area contributed by atoms with E-state index in [-0.39, 0.29) is 5.91 Å². The first-order chi connectivity index (χ1) is 10.3. The summed E-state index contributed by atoms with van der Waals surface area (Å²) in [5.41, 5.74) is 1.55. The Balaban J connectivity index is 2.10. The van der Waals surface area contributed by atoms with Crippen LogP contribution in [0.5, 0.6) is 0 Å². The molecule has 2 heterocycles. The van der Waals surface area contributed by atoms with E-state index in [1.165, 1.54) is 6.42 Å². The first-order valence-corrected chi connectivity index (χ1v) is 8.27. The molecule has 1 atom stereocenters. The number of anilines is 1. The summed E-state index contributed by atoms with van der Waals surface area (Å²) in [4.78, 5) is 19.1. The number of aromatic nitrogens is 1. The molecular weight excluding hydrogens is 262 g/mol. The van der Waals surface area contributed by atoms with Crippen molar-refractivity contribution in [2.24, 2.45) is 0 Å². The van der Waals surface area contributed by atoms with Crippen molar-refractivity contribution in [3.05, 3.63) is 24.0 Å². The molecule has 116 valence electrons. The molecule has 2 rings (SSSR count). The lowest BCUT2D eigenvalue weighted by molar-refractivity contribution is 0.0594. The average molecular weight is 289 g/mol. The van der Waals surface area contributed by atoms with Crippen LogP contribution in [-0.2, 0) is 0 Å². The topological polar surface area (TPSA) is 45.2 Å². The number of pyridine rings is 1. The Hall–Kier alpha value is -1.58. The number of rotatable bonds is 6. The maximum absolute atomic E-state index is 12.7. The van der Waals surface area contributed by atoms with Crippen LogP contribution in [0.15, 0.2) is 18.3 Å². The Morgan fingerprint density at radius 2 is 2.24 bits per heavy atom. The molecule has 1 aromatic rings. The van der Waals surface area contributed by atoms with Gasteiger partial charge in [-0.2, -0.15) is 0 Å². The predicted molar refractivity (Wildman–Crippen MR) is 86.6 cm³/mol. The zero-order valence-corrected chi connectivity index (χ0v) is 13.3. The SMILES string of the molecule is CCCNc1ccnc(C(=O)N2CCCCC2CCC)c1. The van der Waals surface area contributed by atoms with Crippen molar-refractivity contribution >= 4 is 11.6 Å². The molecule has 0 saturated carbocycles. The summed E-state index contributed by atoms with van der Waals surface area (Å²) in [5, 5.41) is 3.32. The second-order valence-electron chi connectivity index (χ2n) is 5.79. The third kappa shape index (κ3) is 4.19. The van der Waals surface area contributed by atoms with Gasteiger partial charge in [0.15, 0.2) is 0 Å². The van der Waals surface area contributed by atoms with Crippen molar-refractivity contribution in [1.82, 2.24) is 9.88 Å². The van der Waals surface area contributed by atoms with Gasteiger partial charge in [-0.15, -0.1) is 0 Å². The first kappa shape index (κ1) is 15.8. The normalized spacial score (nSPS) is 18.6. The first-order valence-electron chi connectivity index (χ1n) is 8.27. The van der Waals surface area contributed by atoms with E-state index in [2.05, 4.69) is 24.1 Å². The second kappa shape index (κ2) is 8.01. The fourth-order valence-electron chi connectivity index (χ4n) is 2.98. The third-order valence-corrected chi connectivity index (χ3v) is 4.07. The number of likely N-dealkylation sites (tertiary alicyclic amines) is 1. The van der Waals surface area contributed by atoms with Gasteiger partial charge in [-0.05, 0) is 44.2 Å². The summed E-state index contributed by atoms with van der Waals surface area (Å²) in [6.45, 7) is 6.10. The molecule has 0 radical (unpaired) electrons. The van der Waals surface area contributed by atoms with Crippen LogP contribution in [-0.4, -0.2) is 34.9 Å². The van der Waals surface area contributed by atoms with E-state index in [9.17, 15) is 4.79 Å². The maximum atomic E-state index is 12.7. The van der Waals surface area contributed by atoms with Gasteiger partial charge in [0.1, 0.15) is 5.69 Å². The molecule has 0 bridgehead atoms. The molecule has 1 fully saturated rings. The predicted octanol–water partition coefficient (Wildman–Crippen LogP) is 3.70. The van der Waals surface area contributed by atoms with E-state index in [0.717, 1.165) is 50.9 Å². The molecule has 0 spiro atoms. The van der Waals surface area contributed by atoms with E-state index >= 15 is 0 Å². The highest BCUT2D eigenvalue weighted by atomic mass is 16.2. The van der Waals surface area contributed by atoms with Crippen molar-refractivity contribution in [1.29, 1.82) is 0 Å². The van der Waals surface area contributed by atoms with Crippen molar-refractivity contribution < 1.29 is 4.79 Å². The van der Waals surface area contributed by atoms with E-state index in [1.807, 2.05) is 17.0 Å². The van der Waals surface area contributed by atoms with E-state index < -0.39 is 0 Å².